The van der Waals surface area contributed by atoms with Gasteiger partial charge in [0, 0.05) is 5.56 Å². The highest BCUT2D eigenvalue weighted by molar-refractivity contribution is 5.72. The second-order valence-corrected chi connectivity index (χ2v) is 4.22. The van der Waals surface area contributed by atoms with Crippen LogP contribution < -0.4 is 0 Å². The van der Waals surface area contributed by atoms with Gasteiger partial charge in [-0.15, -0.1) is 6.42 Å². The van der Waals surface area contributed by atoms with Crippen molar-refractivity contribution < 1.29 is 13.2 Å². The third kappa shape index (κ3) is 2.63. The number of terminal acetylenes is 1. The summed E-state index contributed by atoms with van der Waals surface area (Å²) in [6.07, 6.45) is 0.909. The molecule has 0 aromatic heterocycles. The maximum Gasteiger partial charge on any atom is 0.417 e. The van der Waals surface area contributed by atoms with Gasteiger partial charge < -0.3 is 0 Å². The maximum absolute atomic E-state index is 13.0. The monoisotopic (exact) mass is 260 g/mol. The van der Waals surface area contributed by atoms with Crippen LogP contribution in [0.25, 0.3) is 11.1 Å². The average molecular weight is 260 g/mol. The molecule has 0 saturated carbocycles. The fraction of sp³-hybridized carbons (Fsp3) is 0.125. The molecule has 0 aliphatic heterocycles. The highest BCUT2D eigenvalue weighted by Crippen LogP contribution is 2.37. The number of benzene rings is 2. The van der Waals surface area contributed by atoms with Gasteiger partial charge in [-0.05, 0) is 41.8 Å². The van der Waals surface area contributed by atoms with Crippen LogP contribution in [0.1, 0.15) is 16.7 Å². The number of hydrogen-bond acceptors (Lipinski definition) is 0. The van der Waals surface area contributed by atoms with Crippen LogP contribution in [0.4, 0.5) is 13.2 Å². The molecule has 19 heavy (non-hydrogen) atoms. The molecule has 0 atom stereocenters. The van der Waals surface area contributed by atoms with E-state index in [4.69, 9.17) is 6.42 Å². The topological polar surface area (TPSA) is 0 Å². The molecule has 0 radical (unpaired) electrons. The standard InChI is InChI=1S/C16H11F3/c1-3-12-8-9-13(11(2)10-12)14-6-4-5-7-15(14)16(17,18)19/h1,4-10H,2H3. The lowest BCUT2D eigenvalue weighted by atomic mass is 9.94. The number of hydrogen-bond donors (Lipinski definition) is 0. The van der Waals surface area contributed by atoms with Gasteiger partial charge in [-0.2, -0.15) is 13.2 Å². The minimum atomic E-state index is -4.37. The number of rotatable bonds is 1. The lowest BCUT2D eigenvalue weighted by Gasteiger charge is -2.14. The first-order valence-electron chi connectivity index (χ1n) is 5.67. The number of halogens is 3. The highest BCUT2D eigenvalue weighted by Gasteiger charge is 2.33. The van der Waals surface area contributed by atoms with Crippen LogP contribution in [0.3, 0.4) is 0 Å². The molecule has 0 bridgehead atoms. The summed E-state index contributed by atoms with van der Waals surface area (Å²) >= 11 is 0. The molecule has 96 valence electrons. The molecule has 0 unspecified atom stereocenters. The highest BCUT2D eigenvalue weighted by atomic mass is 19.4. The molecule has 0 heterocycles. The van der Waals surface area contributed by atoms with Crippen LogP contribution >= 0.6 is 0 Å². The number of aryl methyl sites for hydroxylation is 1. The molecule has 2 rings (SSSR count). The summed E-state index contributed by atoms with van der Waals surface area (Å²) in [4.78, 5) is 0. The predicted octanol–water partition coefficient (Wildman–Crippen LogP) is 4.66. The Hall–Kier alpha value is -2.21. The average Bonchev–Trinajstić information content (AvgIpc) is 2.37. The van der Waals surface area contributed by atoms with E-state index in [2.05, 4.69) is 5.92 Å². The van der Waals surface area contributed by atoms with Gasteiger partial charge in [0.1, 0.15) is 0 Å². The predicted molar refractivity (Wildman–Crippen MR) is 69.6 cm³/mol. The molecular weight excluding hydrogens is 249 g/mol. The first-order valence-corrected chi connectivity index (χ1v) is 5.67. The normalized spacial score (nSPS) is 11.1. The lowest BCUT2D eigenvalue weighted by Crippen LogP contribution is -2.07. The summed E-state index contributed by atoms with van der Waals surface area (Å²) < 4.78 is 38.9. The lowest BCUT2D eigenvalue weighted by molar-refractivity contribution is -0.137. The molecule has 2 aromatic rings. The van der Waals surface area contributed by atoms with Crippen LogP contribution in [-0.2, 0) is 6.18 Å². The minimum absolute atomic E-state index is 0.177. The van der Waals surface area contributed by atoms with Crippen molar-refractivity contribution in [1.82, 2.24) is 0 Å². The fourth-order valence-electron chi connectivity index (χ4n) is 2.02. The van der Waals surface area contributed by atoms with Crippen molar-refractivity contribution >= 4 is 0 Å². The van der Waals surface area contributed by atoms with Crippen molar-refractivity contribution in [2.45, 2.75) is 13.1 Å². The van der Waals surface area contributed by atoms with Gasteiger partial charge in [-0.3, -0.25) is 0 Å². The Bertz CT molecular complexity index is 646. The van der Waals surface area contributed by atoms with Crippen molar-refractivity contribution in [2.75, 3.05) is 0 Å². The molecule has 0 aliphatic carbocycles. The van der Waals surface area contributed by atoms with Crippen LogP contribution in [0, 0.1) is 19.3 Å². The van der Waals surface area contributed by atoms with E-state index in [1.165, 1.54) is 12.1 Å². The van der Waals surface area contributed by atoms with E-state index in [9.17, 15) is 13.2 Å². The van der Waals surface area contributed by atoms with E-state index in [1.807, 2.05) is 0 Å². The van der Waals surface area contributed by atoms with E-state index in [0.29, 0.717) is 11.1 Å². The van der Waals surface area contributed by atoms with Crippen molar-refractivity contribution in [3.8, 4) is 23.5 Å². The Morgan fingerprint density at radius 1 is 1.00 bits per heavy atom. The quantitative estimate of drug-likeness (QED) is 0.654. The number of alkyl halides is 3. The van der Waals surface area contributed by atoms with Gasteiger partial charge in [0.05, 0.1) is 5.56 Å². The second kappa shape index (κ2) is 4.81. The maximum atomic E-state index is 13.0. The van der Waals surface area contributed by atoms with Gasteiger partial charge >= 0.3 is 6.18 Å². The Balaban J connectivity index is 2.64. The summed E-state index contributed by atoms with van der Waals surface area (Å²) in [5.74, 6) is 2.47. The summed E-state index contributed by atoms with van der Waals surface area (Å²) in [6, 6.07) is 10.5. The Labute approximate surface area is 109 Å². The molecule has 0 fully saturated rings. The van der Waals surface area contributed by atoms with Crippen LogP contribution in [-0.4, -0.2) is 0 Å². The zero-order valence-corrected chi connectivity index (χ0v) is 10.3. The summed E-state index contributed by atoms with van der Waals surface area (Å²) in [7, 11) is 0. The summed E-state index contributed by atoms with van der Waals surface area (Å²) in [5.41, 5.74) is 1.48. The molecule has 0 nitrogen and oxygen atoms in total. The SMILES string of the molecule is C#Cc1ccc(-c2ccccc2C(F)(F)F)c(C)c1. The van der Waals surface area contributed by atoms with Gasteiger partial charge in [0.15, 0.2) is 0 Å². The van der Waals surface area contributed by atoms with Crippen molar-refractivity contribution in [3.05, 3.63) is 59.2 Å². The molecule has 0 aliphatic rings. The second-order valence-electron chi connectivity index (χ2n) is 4.22. The third-order valence-electron chi connectivity index (χ3n) is 2.92. The first-order chi connectivity index (χ1) is 8.93. The summed E-state index contributed by atoms with van der Waals surface area (Å²) in [5, 5.41) is 0. The zero-order valence-electron chi connectivity index (χ0n) is 10.3. The van der Waals surface area contributed by atoms with Gasteiger partial charge in [0.2, 0.25) is 0 Å². The van der Waals surface area contributed by atoms with Gasteiger partial charge in [-0.25, -0.2) is 0 Å². The van der Waals surface area contributed by atoms with Crippen molar-refractivity contribution in [2.24, 2.45) is 0 Å². The first kappa shape index (κ1) is 13.2. The minimum Gasteiger partial charge on any atom is -0.166 e. The Kier molecular flexibility index (Phi) is 3.35. The molecule has 0 N–H and O–H groups in total. The van der Waals surface area contributed by atoms with Crippen molar-refractivity contribution in [3.63, 3.8) is 0 Å². The van der Waals surface area contributed by atoms with E-state index in [1.54, 1.807) is 31.2 Å². The molecule has 0 amide bonds. The molecule has 3 heteroatoms. The van der Waals surface area contributed by atoms with E-state index in [0.717, 1.165) is 11.6 Å². The molecule has 0 spiro atoms. The Morgan fingerprint density at radius 2 is 1.68 bits per heavy atom. The van der Waals surface area contributed by atoms with E-state index < -0.39 is 11.7 Å². The van der Waals surface area contributed by atoms with E-state index in [-0.39, 0.29) is 5.56 Å². The fourth-order valence-corrected chi connectivity index (χ4v) is 2.02. The van der Waals surface area contributed by atoms with Gasteiger partial charge in [0.25, 0.3) is 0 Å². The van der Waals surface area contributed by atoms with Crippen LogP contribution in [0.2, 0.25) is 0 Å². The largest absolute Gasteiger partial charge is 0.417 e. The smallest absolute Gasteiger partial charge is 0.166 e. The summed E-state index contributed by atoms with van der Waals surface area (Å²) in [6.45, 7) is 1.75. The molecule has 2 aromatic carbocycles. The molecule has 0 saturated heterocycles. The van der Waals surface area contributed by atoms with Crippen LogP contribution in [0.15, 0.2) is 42.5 Å². The third-order valence-corrected chi connectivity index (χ3v) is 2.92. The van der Waals surface area contributed by atoms with E-state index >= 15 is 0 Å². The zero-order chi connectivity index (χ0) is 14.0. The van der Waals surface area contributed by atoms with Crippen molar-refractivity contribution in [1.29, 1.82) is 0 Å². The van der Waals surface area contributed by atoms with Crippen LogP contribution in [0.5, 0.6) is 0 Å². The Morgan fingerprint density at radius 3 is 2.26 bits per heavy atom. The van der Waals surface area contributed by atoms with Gasteiger partial charge in [-0.1, -0.05) is 30.2 Å². The molecular formula is C16H11F3.